The largest absolute Gasteiger partial charge is 0.379 e. The molecule has 3 heterocycles. The van der Waals surface area contributed by atoms with E-state index in [1.54, 1.807) is 0 Å². The number of rotatable bonds is 3. The van der Waals surface area contributed by atoms with Crippen molar-refractivity contribution in [2.75, 3.05) is 32.8 Å². The lowest BCUT2D eigenvalue weighted by Gasteiger charge is -2.25. The van der Waals surface area contributed by atoms with Crippen molar-refractivity contribution >= 4 is 21.6 Å². The van der Waals surface area contributed by atoms with Gasteiger partial charge in [0, 0.05) is 36.7 Å². The van der Waals surface area contributed by atoms with Gasteiger partial charge in [-0.15, -0.1) is 0 Å². The molecule has 1 aliphatic rings. The average Bonchev–Trinajstić information content (AvgIpc) is 2.79. The Morgan fingerprint density at radius 3 is 3.00 bits per heavy atom. The van der Waals surface area contributed by atoms with Crippen LogP contribution in [0.25, 0.3) is 5.65 Å². The second-order valence-electron chi connectivity index (χ2n) is 4.38. The highest BCUT2D eigenvalue weighted by Crippen LogP contribution is 2.11. The van der Waals surface area contributed by atoms with E-state index in [-0.39, 0.29) is 0 Å². The summed E-state index contributed by atoms with van der Waals surface area (Å²) in [6.45, 7) is 4.70. The molecular formula is C12H15BrN4O. The van der Waals surface area contributed by atoms with Crippen molar-refractivity contribution < 1.29 is 4.74 Å². The average molecular weight is 311 g/mol. The minimum absolute atomic E-state index is 0.839. The molecule has 0 atom stereocenters. The lowest BCUT2D eigenvalue weighted by atomic mass is 10.3. The van der Waals surface area contributed by atoms with Gasteiger partial charge >= 0.3 is 0 Å². The highest BCUT2D eigenvalue weighted by atomic mass is 79.9. The minimum Gasteiger partial charge on any atom is -0.379 e. The summed E-state index contributed by atoms with van der Waals surface area (Å²) in [6, 6.07) is 3.94. The zero-order chi connectivity index (χ0) is 12.4. The molecule has 0 aromatic carbocycles. The van der Waals surface area contributed by atoms with Crippen molar-refractivity contribution in [3.63, 3.8) is 0 Å². The topological polar surface area (TPSA) is 42.7 Å². The number of aromatic nitrogens is 3. The summed E-state index contributed by atoms with van der Waals surface area (Å²) < 4.78 is 8.18. The normalized spacial score (nSPS) is 17.4. The summed E-state index contributed by atoms with van der Waals surface area (Å²) in [7, 11) is 0. The van der Waals surface area contributed by atoms with Gasteiger partial charge in [0.1, 0.15) is 0 Å². The van der Waals surface area contributed by atoms with Crippen LogP contribution in [0.15, 0.2) is 22.8 Å². The summed E-state index contributed by atoms with van der Waals surface area (Å²) in [6.07, 6.45) is 2.81. The third-order valence-electron chi connectivity index (χ3n) is 3.10. The van der Waals surface area contributed by atoms with Crippen molar-refractivity contribution in [1.29, 1.82) is 0 Å². The van der Waals surface area contributed by atoms with Crippen molar-refractivity contribution in [2.24, 2.45) is 0 Å². The van der Waals surface area contributed by atoms with Crippen LogP contribution in [0.4, 0.5) is 0 Å². The van der Waals surface area contributed by atoms with E-state index in [4.69, 9.17) is 4.74 Å². The Balaban J connectivity index is 1.67. The SMILES string of the molecule is Brc1ccn2nc(CCN3CCOCC3)nc2c1. The van der Waals surface area contributed by atoms with E-state index in [1.165, 1.54) is 0 Å². The highest BCUT2D eigenvalue weighted by Gasteiger charge is 2.11. The number of hydrogen-bond acceptors (Lipinski definition) is 4. The predicted octanol–water partition coefficient (Wildman–Crippen LogP) is 1.37. The Hall–Kier alpha value is -0.980. The molecule has 96 valence electrons. The molecule has 0 aliphatic carbocycles. The molecule has 0 radical (unpaired) electrons. The predicted molar refractivity (Wildman–Crippen MR) is 71.7 cm³/mol. The standard InChI is InChI=1S/C12H15BrN4O/c13-10-1-4-17-12(9-10)14-11(15-17)2-3-16-5-7-18-8-6-16/h1,4,9H,2-3,5-8H2. The fraction of sp³-hybridized carbons (Fsp3) is 0.500. The van der Waals surface area contributed by atoms with Gasteiger partial charge in [-0.2, -0.15) is 5.10 Å². The van der Waals surface area contributed by atoms with Crippen LogP contribution in [0.3, 0.4) is 0 Å². The monoisotopic (exact) mass is 310 g/mol. The molecule has 0 amide bonds. The van der Waals surface area contributed by atoms with Gasteiger partial charge in [-0.1, -0.05) is 15.9 Å². The Morgan fingerprint density at radius 2 is 2.17 bits per heavy atom. The lowest BCUT2D eigenvalue weighted by Crippen LogP contribution is -2.37. The van der Waals surface area contributed by atoms with Crippen molar-refractivity contribution in [3.8, 4) is 0 Å². The second-order valence-corrected chi connectivity index (χ2v) is 5.30. The van der Waals surface area contributed by atoms with Crippen LogP contribution < -0.4 is 0 Å². The van der Waals surface area contributed by atoms with Crippen LogP contribution in [0, 0.1) is 0 Å². The van der Waals surface area contributed by atoms with Gasteiger partial charge in [0.25, 0.3) is 0 Å². The quantitative estimate of drug-likeness (QED) is 0.858. The maximum absolute atomic E-state index is 5.33. The molecule has 18 heavy (non-hydrogen) atoms. The van der Waals surface area contributed by atoms with Gasteiger partial charge in [0.05, 0.1) is 13.2 Å². The van der Waals surface area contributed by atoms with Crippen LogP contribution in [0.5, 0.6) is 0 Å². The van der Waals surface area contributed by atoms with Crippen molar-refractivity contribution in [1.82, 2.24) is 19.5 Å². The van der Waals surface area contributed by atoms with Gasteiger partial charge < -0.3 is 4.74 Å². The van der Waals surface area contributed by atoms with Gasteiger partial charge in [-0.3, -0.25) is 4.90 Å². The van der Waals surface area contributed by atoms with E-state index in [0.717, 1.165) is 55.2 Å². The fourth-order valence-corrected chi connectivity index (χ4v) is 2.41. The summed E-state index contributed by atoms with van der Waals surface area (Å²) >= 11 is 3.44. The third-order valence-corrected chi connectivity index (χ3v) is 3.59. The van der Waals surface area contributed by atoms with Crippen LogP contribution >= 0.6 is 15.9 Å². The zero-order valence-electron chi connectivity index (χ0n) is 10.0. The smallest absolute Gasteiger partial charge is 0.156 e. The van der Waals surface area contributed by atoms with E-state index in [9.17, 15) is 0 Å². The Labute approximate surface area is 114 Å². The summed E-state index contributed by atoms with van der Waals surface area (Å²) in [4.78, 5) is 6.92. The fourth-order valence-electron chi connectivity index (χ4n) is 2.09. The number of fused-ring (bicyclic) bond motifs is 1. The first kappa shape index (κ1) is 12.1. The van der Waals surface area contributed by atoms with E-state index in [1.807, 2.05) is 22.8 Å². The van der Waals surface area contributed by atoms with Gasteiger partial charge in [-0.05, 0) is 12.1 Å². The summed E-state index contributed by atoms with van der Waals surface area (Å²) in [5, 5.41) is 4.47. The molecule has 0 N–H and O–H groups in total. The Morgan fingerprint density at radius 1 is 1.33 bits per heavy atom. The molecule has 1 saturated heterocycles. The molecule has 1 aliphatic heterocycles. The minimum atomic E-state index is 0.839. The summed E-state index contributed by atoms with van der Waals surface area (Å²) in [5.74, 6) is 0.902. The first-order valence-electron chi connectivity index (χ1n) is 6.12. The number of hydrogen-bond donors (Lipinski definition) is 0. The van der Waals surface area contributed by atoms with Crippen LogP contribution in [-0.4, -0.2) is 52.3 Å². The van der Waals surface area contributed by atoms with Crippen molar-refractivity contribution in [2.45, 2.75) is 6.42 Å². The number of nitrogens with zero attached hydrogens (tertiary/aromatic N) is 4. The Bertz CT molecular complexity index is 536. The van der Waals surface area contributed by atoms with Crippen molar-refractivity contribution in [3.05, 3.63) is 28.6 Å². The van der Waals surface area contributed by atoms with Gasteiger partial charge in [-0.25, -0.2) is 9.50 Å². The van der Waals surface area contributed by atoms with E-state index < -0.39 is 0 Å². The first-order chi connectivity index (χ1) is 8.81. The molecule has 0 saturated carbocycles. The highest BCUT2D eigenvalue weighted by molar-refractivity contribution is 9.10. The van der Waals surface area contributed by atoms with Crippen LogP contribution in [-0.2, 0) is 11.2 Å². The first-order valence-corrected chi connectivity index (χ1v) is 6.91. The van der Waals surface area contributed by atoms with E-state index in [2.05, 4.69) is 30.9 Å². The molecular weight excluding hydrogens is 296 g/mol. The van der Waals surface area contributed by atoms with E-state index in [0.29, 0.717) is 0 Å². The third kappa shape index (κ3) is 2.71. The van der Waals surface area contributed by atoms with Gasteiger partial charge in [0.15, 0.2) is 11.5 Å². The maximum Gasteiger partial charge on any atom is 0.156 e. The molecule has 5 nitrogen and oxygen atoms in total. The molecule has 0 unspecified atom stereocenters. The Kier molecular flexibility index (Phi) is 3.58. The molecule has 6 heteroatoms. The maximum atomic E-state index is 5.33. The van der Waals surface area contributed by atoms with Gasteiger partial charge in [0.2, 0.25) is 0 Å². The lowest BCUT2D eigenvalue weighted by molar-refractivity contribution is 0.0382. The molecule has 2 aromatic rings. The molecule has 2 aromatic heterocycles. The second kappa shape index (κ2) is 5.34. The molecule has 0 bridgehead atoms. The summed E-state index contributed by atoms with van der Waals surface area (Å²) in [5.41, 5.74) is 0.890. The number of morpholine rings is 1. The molecule has 3 rings (SSSR count). The number of halogens is 1. The van der Waals surface area contributed by atoms with Crippen LogP contribution in [0.2, 0.25) is 0 Å². The molecule has 0 spiro atoms. The van der Waals surface area contributed by atoms with Crippen LogP contribution in [0.1, 0.15) is 5.82 Å². The van der Waals surface area contributed by atoms with E-state index >= 15 is 0 Å². The number of ether oxygens (including phenoxy) is 1. The molecule has 1 fully saturated rings. The number of pyridine rings is 1. The zero-order valence-corrected chi connectivity index (χ0v) is 11.6.